The van der Waals surface area contributed by atoms with Crippen LogP contribution in [0.1, 0.15) is 28.1 Å². The second kappa shape index (κ2) is 10.8. The van der Waals surface area contributed by atoms with Crippen molar-refractivity contribution >= 4 is 54.6 Å². The normalized spacial score (nSPS) is 11.8. The first-order valence-corrected chi connectivity index (χ1v) is 15.6. The van der Waals surface area contributed by atoms with Gasteiger partial charge in [-0.1, -0.05) is 99.9 Å². The van der Waals surface area contributed by atoms with Gasteiger partial charge in [0.25, 0.3) is 0 Å². The van der Waals surface area contributed by atoms with E-state index >= 15 is 0 Å². The van der Waals surface area contributed by atoms with Gasteiger partial charge in [-0.3, -0.25) is 9.97 Å². The maximum atomic E-state index is 6.51. The second-order valence-electron chi connectivity index (χ2n) is 12.4. The molecule has 0 spiro atoms. The summed E-state index contributed by atoms with van der Waals surface area (Å²) in [4.78, 5) is 10.2. The van der Waals surface area contributed by atoms with Crippen LogP contribution in [0.15, 0.2) is 91.1 Å². The second-order valence-corrected chi connectivity index (χ2v) is 12.4. The van der Waals surface area contributed by atoms with Crippen molar-refractivity contribution in [1.29, 1.82) is 0 Å². The third kappa shape index (κ3) is 4.41. The van der Waals surface area contributed by atoms with E-state index in [0.717, 1.165) is 71.7 Å². The number of aromatic nitrogens is 4. The fraction of sp³-hybridized carbons (Fsp3) is 0.122. The molecule has 5 nitrogen and oxygen atoms in total. The van der Waals surface area contributed by atoms with Gasteiger partial charge < -0.3 is 13.5 Å². The molecule has 0 aliphatic carbocycles. The Morgan fingerprint density at radius 3 is 1.85 bits per heavy atom. The molecule has 0 atom stereocenters. The molecule has 4 heterocycles. The molecule has 6 heteroatoms. The van der Waals surface area contributed by atoms with Crippen molar-refractivity contribution in [3.63, 3.8) is 0 Å². The number of nitrogens with zero attached hydrogens (tertiary/aromatic N) is 4. The van der Waals surface area contributed by atoms with Crippen molar-refractivity contribution in [1.82, 2.24) is 18.8 Å². The molecule has 0 radical (unpaired) electrons. The van der Waals surface area contributed by atoms with E-state index in [1.165, 1.54) is 22.3 Å². The third-order valence-corrected chi connectivity index (χ3v) is 9.38. The molecule has 0 unspecified atom stereocenters. The molecule has 0 fully saturated rings. The summed E-state index contributed by atoms with van der Waals surface area (Å²) in [6.45, 7) is 10.6. The van der Waals surface area contributed by atoms with Gasteiger partial charge in [0.05, 0.1) is 17.0 Å². The molecule has 5 aromatic carbocycles. The topological polar surface area (TPSA) is 43.8 Å². The van der Waals surface area contributed by atoms with Gasteiger partial charge in [-0.05, 0) is 68.7 Å². The number of hydrogen-bond acceptors (Lipinski definition) is 3. The summed E-state index contributed by atoms with van der Waals surface area (Å²) in [5.74, 6) is 1.23. The van der Waals surface area contributed by atoms with E-state index in [1.807, 2.05) is 12.1 Å². The van der Waals surface area contributed by atoms with Crippen LogP contribution in [-0.4, -0.2) is 18.8 Å². The van der Waals surface area contributed by atoms with Crippen molar-refractivity contribution in [2.45, 2.75) is 34.6 Å². The average molecular weight is 790 g/mol. The van der Waals surface area contributed by atoms with Gasteiger partial charge in [-0.25, -0.2) is 0 Å². The first-order chi connectivity index (χ1) is 22.4. The van der Waals surface area contributed by atoms with Crippen LogP contribution in [0.2, 0.25) is 0 Å². The van der Waals surface area contributed by atoms with Gasteiger partial charge in [0.1, 0.15) is 0 Å². The number of rotatable bonds is 3. The number of aryl methyl sites for hydroxylation is 5. The zero-order valence-corrected chi connectivity index (χ0v) is 28.9. The Morgan fingerprint density at radius 1 is 0.617 bits per heavy atom. The van der Waals surface area contributed by atoms with Gasteiger partial charge in [0, 0.05) is 45.7 Å². The van der Waals surface area contributed by atoms with Crippen molar-refractivity contribution in [2.24, 2.45) is 0 Å². The van der Waals surface area contributed by atoms with Crippen LogP contribution in [0, 0.1) is 46.8 Å². The fourth-order valence-corrected chi connectivity index (χ4v) is 7.31. The Balaban J connectivity index is 0.00000324. The summed E-state index contributed by atoms with van der Waals surface area (Å²) in [6.07, 6.45) is 2.16. The molecule has 0 aliphatic rings. The number of imidazole rings is 2. The third-order valence-electron chi connectivity index (χ3n) is 9.38. The Labute approximate surface area is 286 Å². The summed E-state index contributed by atoms with van der Waals surface area (Å²) in [5, 5.41) is 6.34. The van der Waals surface area contributed by atoms with E-state index in [1.54, 1.807) is 0 Å². The van der Waals surface area contributed by atoms with E-state index in [4.69, 9.17) is 14.7 Å². The van der Waals surface area contributed by atoms with Crippen LogP contribution in [0.3, 0.4) is 0 Å². The zero-order chi connectivity index (χ0) is 31.3. The van der Waals surface area contributed by atoms with E-state index < -0.39 is 0 Å². The number of fused-ring (bicyclic) bond motifs is 12. The Morgan fingerprint density at radius 2 is 1.19 bits per heavy atom. The predicted octanol–water partition coefficient (Wildman–Crippen LogP) is 10.2. The number of benzene rings is 5. The molecule has 0 saturated carbocycles. The molecule has 4 aromatic heterocycles. The number of para-hydroxylation sites is 2. The van der Waals surface area contributed by atoms with Crippen LogP contribution in [0.4, 0.5) is 0 Å². The van der Waals surface area contributed by atoms with Crippen LogP contribution >= 0.6 is 0 Å². The molecule has 0 saturated heterocycles. The first-order valence-electron chi connectivity index (χ1n) is 15.6. The van der Waals surface area contributed by atoms with Crippen molar-refractivity contribution in [3.05, 3.63) is 131 Å². The van der Waals surface area contributed by atoms with Crippen molar-refractivity contribution in [3.8, 4) is 22.8 Å². The largest absolute Gasteiger partial charge is 2.00 e. The minimum atomic E-state index is 0. The quantitative estimate of drug-likeness (QED) is 0.132. The SMILES string of the molecule is Cc1cc(C)c(-c2cn3c4ccccc4c4ccc(Oc5[c-]c6c(cc5)c5ccccc5n5c(C)c(C)nc65)[c-]c4c3n2)c(C)c1.[Pt+2]. The van der Waals surface area contributed by atoms with Crippen molar-refractivity contribution in [2.75, 3.05) is 0 Å². The molecule has 0 N–H and O–H groups in total. The zero-order valence-electron chi connectivity index (χ0n) is 26.7. The molecule has 0 amide bonds. The number of ether oxygens (including phenoxy) is 1. The van der Waals surface area contributed by atoms with E-state index in [-0.39, 0.29) is 21.1 Å². The van der Waals surface area contributed by atoms with E-state index in [0.29, 0.717) is 11.5 Å². The maximum absolute atomic E-state index is 6.51. The summed E-state index contributed by atoms with van der Waals surface area (Å²) >= 11 is 0. The summed E-state index contributed by atoms with van der Waals surface area (Å²) in [7, 11) is 0. The molecule has 47 heavy (non-hydrogen) atoms. The van der Waals surface area contributed by atoms with Crippen LogP contribution in [-0.2, 0) is 21.1 Å². The molecule has 9 aromatic rings. The molecule has 230 valence electrons. The van der Waals surface area contributed by atoms with E-state index in [2.05, 4.69) is 135 Å². The van der Waals surface area contributed by atoms with Gasteiger partial charge in [-0.2, -0.15) is 0 Å². The first kappa shape index (κ1) is 29.4. The predicted molar refractivity (Wildman–Crippen MR) is 187 cm³/mol. The number of pyridine rings is 2. The minimum absolute atomic E-state index is 0. The molecular formula is C41H30N4OPt. The van der Waals surface area contributed by atoms with Gasteiger partial charge in [0.15, 0.2) is 0 Å². The minimum Gasteiger partial charge on any atom is -0.497 e. The average Bonchev–Trinajstić information content (AvgIpc) is 3.62. The Bertz CT molecular complexity index is 2710. The van der Waals surface area contributed by atoms with E-state index in [9.17, 15) is 0 Å². The molecular weight excluding hydrogens is 760 g/mol. The Kier molecular flexibility index (Phi) is 6.75. The molecule has 9 rings (SSSR count). The van der Waals surface area contributed by atoms with Crippen molar-refractivity contribution < 1.29 is 25.8 Å². The smallest absolute Gasteiger partial charge is 0.497 e. The fourth-order valence-electron chi connectivity index (χ4n) is 7.31. The van der Waals surface area contributed by atoms with Crippen LogP contribution < -0.4 is 4.74 Å². The summed E-state index contributed by atoms with van der Waals surface area (Å²) in [5.41, 5.74) is 11.9. The van der Waals surface area contributed by atoms with Crippen LogP contribution in [0.5, 0.6) is 11.5 Å². The molecule has 0 aliphatic heterocycles. The Hall–Kier alpha value is -4.99. The van der Waals surface area contributed by atoms with Gasteiger partial charge in [-0.15, -0.1) is 12.1 Å². The van der Waals surface area contributed by atoms with Gasteiger partial charge >= 0.3 is 21.1 Å². The summed E-state index contributed by atoms with van der Waals surface area (Å²) in [6, 6.07) is 36.7. The monoisotopic (exact) mass is 789 g/mol. The standard InChI is InChI=1S/C41H30N4O.Pt/c1-23-18-24(2)39(25(3)19-23)36-22-44-37-12-8-6-10-32(37)30-16-14-28(20-34(30)40(44)43-36)46-29-15-17-31-33-11-7-9-13-38(33)45-27(5)26(4)42-41(45)35(31)21-29;/h6-19,22H,1-5H3;/q-2;+2. The maximum Gasteiger partial charge on any atom is 2.00 e. The molecule has 0 bridgehead atoms. The van der Waals surface area contributed by atoms with Gasteiger partial charge in [0.2, 0.25) is 0 Å². The number of hydrogen-bond donors (Lipinski definition) is 0. The summed E-state index contributed by atoms with van der Waals surface area (Å²) < 4.78 is 10.9. The van der Waals surface area contributed by atoms with Crippen LogP contribution in [0.25, 0.3) is 65.9 Å².